The molecule has 1 rings (SSSR count). The van der Waals surface area contributed by atoms with Crippen LogP contribution in [0.25, 0.3) is 0 Å². The quantitative estimate of drug-likeness (QED) is 0.654. The topological polar surface area (TPSA) is 91.5 Å². The van der Waals surface area contributed by atoms with Crippen molar-refractivity contribution in [1.82, 2.24) is 4.98 Å². The Balaban J connectivity index is 3.05. The maximum Gasteiger partial charge on any atom is 0.327 e. The molecule has 0 saturated carbocycles. The van der Waals surface area contributed by atoms with E-state index in [0.29, 0.717) is 5.69 Å². The van der Waals surface area contributed by atoms with Crippen LogP contribution >= 0.6 is 0 Å². The fourth-order valence-electron chi connectivity index (χ4n) is 1.40. The molecule has 0 aliphatic rings. The molecule has 0 bridgehead atoms. The first kappa shape index (κ1) is 14.9. The summed E-state index contributed by atoms with van der Waals surface area (Å²) in [5, 5.41) is 0. The summed E-state index contributed by atoms with van der Waals surface area (Å²) in [6.07, 6.45) is 1.37. The van der Waals surface area contributed by atoms with Gasteiger partial charge in [0.25, 0.3) is 0 Å². The Morgan fingerprint density at radius 3 is 2.32 bits per heavy atom. The summed E-state index contributed by atoms with van der Waals surface area (Å²) in [5.74, 6) is -2.62. The van der Waals surface area contributed by atoms with E-state index in [1.807, 2.05) is 0 Å². The Hall–Kier alpha value is -2.11. The molecule has 0 saturated heterocycles. The highest BCUT2D eigenvalue weighted by atomic mass is 16.6. The van der Waals surface area contributed by atoms with Gasteiger partial charge in [-0.2, -0.15) is 0 Å². The number of hydrogen-bond donors (Lipinski definition) is 1. The molecule has 1 aromatic rings. The van der Waals surface area contributed by atoms with Crippen LogP contribution in [0.4, 0.5) is 5.69 Å². The van der Waals surface area contributed by atoms with Crippen LogP contribution in [0, 0.1) is 0 Å². The van der Waals surface area contributed by atoms with Crippen LogP contribution in [0.5, 0.6) is 0 Å². The SMILES string of the molecule is COC(=O)C(C(=O)OC(C)(C)C)c1ccc(N)cn1. The molecule has 0 aliphatic heterocycles. The summed E-state index contributed by atoms with van der Waals surface area (Å²) >= 11 is 0. The molecule has 1 atom stereocenters. The molecular formula is C13H18N2O4. The number of carbonyl (C=O) groups is 2. The van der Waals surface area contributed by atoms with Crippen LogP contribution < -0.4 is 5.73 Å². The monoisotopic (exact) mass is 266 g/mol. The van der Waals surface area contributed by atoms with Crippen molar-refractivity contribution >= 4 is 17.6 Å². The molecule has 1 unspecified atom stereocenters. The smallest absolute Gasteiger partial charge is 0.327 e. The van der Waals surface area contributed by atoms with Crippen LogP contribution in [0.1, 0.15) is 32.4 Å². The van der Waals surface area contributed by atoms with Gasteiger partial charge in [0.2, 0.25) is 0 Å². The Morgan fingerprint density at radius 2 is 1.89 bits per heavy atom. The lowest BCUT2D eigenvalue weighted by atomic mass is 10.0. The minimum Gasteiger partial charge on any atom is -0.468 e. The van der Waals surface area contributed by atoms with E-state index in [1.165, 1.54) is 19.4 Å². The van der Waals surface area contributed by atoms with E-state index in [-0.39, 0.29) is 5.69 Å². The second-order valence-corrected chi connectivity index (χ2v) is 5.01. The van der Waals surface area contributed by atoms with Gasteiger partial charge < -0.3 is 15.2 Å². The highest BCUT2D eigenvalue weighted by Crippen LogP contribution is 2.21. The van der Waals surface area contributed by atoms with Gasteiger partial charge in [0, 0.05) is 0 Å². The molecule has 6 nitrogen and oxygen atoms in total. The lowest BCUT2D eigenvalue weighted by Gasteiger charge is -2.22. The molecule has 0 amide bonds. The second-order valence-electron chi connectivity index (χ2n) is 5.01. The first-order chi connectivity index (χ1) is 8.74. The average molecular weight is 266 g/mol. The predicted octanol–water partition coefficient (Wildman–Crippen LogP) is 1.26. The van der Waals surface area contributed by atoms with Gasteiger partial charge in [-0.05, 0) is 32.9 Å². The molecule has 2 N–H and O–H groups in total. The van der Waals surface area contributed by atoms with Gasteiger partial charge in [0.15, 0.2) is 5.92 Å². The van der Waals surface area contributed by atoms with Gasteiger partial charge in [-0.3, -0.25) is 14.6 Å². The normalized spacial score (nSPS) is 12.6. The van der Waals surface area contributed by atoms with E-state index in [1.54, 1.807) is 26.8 Å². The van der Waals surface area contributed by atoms with Crippen molar-refractivity contribution in [3.8, 4) is 0 Å². The van der Waals surface area contributed by atoms with Gasteiger partial charge in [0.1, 0.15) is 5.60 Å². The van der Waals surface area contributed by atoms with Crippen molar-refractivity contribution in [2.24, 2.45) is 0 Å². The molecule has 19 heavy (non-hydrogen) atoms. The van der Waals surface area contributed by atoms with Crippen molar-refractivity contribution in [1.29, 1.82) is 0 Å². The number of nitrogens with zero attached hydrogens (tertiary/aromatic N) is 1. The minimum absolute atomic E-state index is 0.246. The van der Waals surface area contributed by atoms with E-state index >= 15 is 0 Å². The van der Waals surface area contributed by atoms with Gasteiger partial charge in [-0.25, -0.2) is 0 Å². The van der Waals surface area contributed by atoms with E-state index in [0.717, 1.165) is 0 Å². The highest BCUT2D eigenvalue weighted by Gasteiger charge is 2.34. The summed E-state index contributed by atoms with van der Waals surface area (Å²) < 4.78 is 9.82. The number of hydrogen-bond acceptors (Lipinski definition) is 6. The maximum atomic E-state index is 12.1. The molecule has 1 aromatic heterocycles. The van der Waals surface area contributed by atoms with Crippen LogP contribution in [0.2, 0.25) is 0 Å². The Kier molecular flexibility index (Phi) is 4.47. The van der Waals surface area contributed by atoms with E-state index in [4.69, 9.17) is 10.5 Å². The van der Waals surface area contributed by atoms with Crippen molar-refractivity contribution in [3.05, 3.63) is 24.0 Å². The Labute approximate surface area is 111 Å². The van der Waals surface area contributed by atoms with Gasteiger partial charge >= 0.3 is 11.9 Å². The van der Waals surface area contributed by atoms with E-state index in [9.17, 15) is 9.59 Å². The maximum absolute atomic E-state index is 12.1. The lowest BCUT2D eigenvalue weighted by Crippen LogP contribution is -2.32. The third kappa shape index (κ3) is 4.24. The van der Waals surface area contributed by atoms with Crippen LogP contribution in [-0.2, 0) is 19.1 Å². The standard InChI is InChI=1S/C13H18N2O4/c1-13(2,3)19-12(17)10(11(16)18-4)9-6-5-8(14)7-15-9/h5-7,10H,14H2,1-4H3. The van der Waals surface area contributed by atoms with Crippen molar-refractivity contribution in [2.75, 3.05) is 12.8 Å². The third-order valence-corrected chi connectivity index (χ3v) is 2.18. The number of nitrogen functional groups attached to an aromatic ring is 1. The average Bonchev–Trinajstić information content (AvgIpc) is 2.29. The Morgan fingerprint density at radius 1 is 1.26 bits per heavy atom. The van der Waals surface area contributed by atoms with Crippen molar-refractivity contribution in [3.63, 3.8) is 0 Å². The molecule has 0 fully saturated rings. The summed E-state index contributed by atoms with van der Waals surface area (Å²) in [5.41, 5.74) is 5.51. The second kappa shape index (κ2) is 5.69. The first-order valence-corrected chi connectivity index (χ1v) is 5.76. The number of methoxy groups -OCH3 is 1. The molecule has 104 valence electrons. The summed E-state index contributed by atoms with van der Waals surface area (Å²) in [7, 11) is 1.21. The highest BCUT2D eigenvalue weighted by molar-refractivity contribution is 6.00. The number of carbonyl (C=O) groups excluding carboxylic acids is 2. The van der Waals surface area contributed by atoms with Crippen molar-refractivity contribution in [2.45, 2.75) is 32.3 Å². The molecule has 0 spiro atoms. The lowest BCUT2D eigenvalue weighted by molar-refractivity contribution is -0.163. The number of ether oxygens (including phenoxy) is 2. The Bertz CT molecular complexity index is 463. The molecule has 0 aliphatic carbocycles. The largest absolute Gasteiger partial charge is 0.468 e. The summed E-state index contributed by atoms with van der Waals surface area (Å²) in [6.45, 7) is 5.15. The number of esters is 2. The molecule has 1 heterocycles. The van der Waals surface area contributed by atoms with E-state index in [2.05, 4.69) is 9.72 Å². The predicted molar refractivity (Wildman–Crippen MR) is 69.3 cm³/mol. The number of nitrogens with two attached hydrogens (primary N) is 1. The van der Waals surface area contributed by atoms with Gasteiger partial charge in [0.05, 0.1) is 24.7 Å². The zero-order chi connectivity index (χ0) is 14.6. The minimum atomic E-state index is -1.20. The van der Waals surface area contributed by atoms with E-state index < -0.39 is 23.5 Å². The third-order valence-electron chi connectivity index (χ3n) is 2.18. The van der Waals surface area contributed by atoms with Crippen molar-refractivity contribution < 1.29 is 19.1 Å². The fourth-order valence-corrected chi connectivity index (χ4v) is 1.40. The number of anilines is 1. The molecule has 6 heteroatoms. The fraction of sp³-hybridized carbons (Fsp3) is 0.462. The zero-order valence-corrected chi connectivity index (χ0v) is 11.5. The molecular weight excluding hydrogens is 248 g/mol. The first-order valence-electron chi connectivity index (χ1n) is 5.76. The molecule has 0 radical (unpaired) electrons. The van der Waals surface area contributed by atoms with Crippen LogP contribution in [0.15, 0.2) is 18.3 Å². The number of rotatable bonds is 3. The van der Waals surface area contributed by atoms with Crippen LogP contribution in [-0.4, -0.2) is 29.6 Å². The molecule has 0 aromatic carbocycles. The van der Waals surface area contributed by atoms with Gasteiger partial charge in [-0.1, -0.05) is 0 Å². The number of aromatic nitrogens is 1. The summed E-state index contributed by atoms with van der Waals surface area (Å²) in [4.78, 5) is 27.8. The summed E-state index contributed by atoms with van der Waals surface area (Å²) in [6, 6.07) is 3.06. The van der Waals surface area contributed by atoms with Crippen LogP contribution in [0.3, 0.4) is 0 Å². The zero-order valence-electron chi connectivity index (χ0n) is 11.5. The van der Waals surface area contributed by atoms with Gasteiger partial charge in [-0.15, -0.1) is 0 Å². The number of pyridine rings is 1.